The monoisotopic (exact) mass is 291 g/mol. The van der Waals surface area contributed by atoms with E-state index >= 15 is 0 Å². The second kappa shape index (κ2) is 6.69. The second-order valence-corrected chi connectivity index (χ2v) is 6.68. The van der Waals surface area contributed by atoms with E-state index < -0.39 is 0 Å². The van der Waals surface area contributed by atoms with Crippen LogP contribution in [0, 0.1) is 5.41 Å². The molecule has 1 fully saturated rings. The molecule has 1 saturated carbocycles. The highest BCUT2D eigenvalue weighted by atomic mass is 16.5. The first-order chi connectivity index (χ1) is 10.0. The van der Waals surface area contributed by atoms with Gasteiger partial charge in [-0.05, 0) is 42.4 Å². The Balaban J connectivity index is 2.17. The van der Waals surface area contributed by atoms with E-state index in [2.05, 4.69) is 38.2 Å². The first-order valence-corrected chi connectivity index (χ1v) is 7.99. The summed E-state index contributed by atoms with van der Waals surface area (Å²) in [6, 6.07) is 7.20. The van der Waals surface area contributed by atoms with Crippen LogP contribution in [0.5, 0.6) is 11.5 Å². The fraction of sp³-hybridized carbons (Fsp3) is 0.667. The van der Waals surface area contributed by atoms with E-state index in [9.17, 15) is 0 Å². The summed E-state index contributed by atoms with van der Waals surface area (Å²) in [4.78, 5) is 0. The molecule has 0 aliphatic heterocycles. The van der Waals surface area contributed by atoms with Gasteiger partial charge in [0.05, 0.1) is 14.2 Å². The fourth-order valence-corrected chi connectivity index (χ4v) is 3.40. The fourth-order valence-electron chi connectivity index (χ4n) is 3.40. The van der Waals surface area contributed by atoms with Crippen molar-refractivity contribution in [2.45, 2.75) is 58.5 Å². The molecule has 3 heteroatoms. The van der Waals surface area contributed by atoms with Crippen molar-refractivity contribution >= 4 is 0 Å². The number of methoxy groups -OCH3 is 2. The van der Waals surface area contributed by atoms with Gasteiger partial charge in [0.15, 0.2) is 11.5 Å². The van der Waals surface area contributed by atoms with Crippen LogP contribution in [0.2, 0.25) is 0 Å². The Morgan fingerprint density at radius 1 is 1.24 bits per heavy atom. The van der Waals surface area contributed by atoms with Crippen molar-refractivity contribution < 1.29 is 9.47 Å². The minimum atomic E-state index is 0.368. The zero-order valence-corrected chi connectivity index (χ0v) is 14.0. The number of ether oxygens (including phenoxy) is 2. The summed E-state index contributed by atoms with van der Waals surface area (Å²) in [5, 5.41) is 3.86. The summed E-state index contributed by atoms with van der Waals surface area (Å²) >= 11 is 0. The summed E-state index contributed by atoms with van der Waals surface area (Å²) in [5.74, 6) is 1.60. The summed E-state index contributed by atoms with van der Waals surface area (Å²) in [7, 11) is 3.37. The van der Waals surface area contributed by atoms with E-state index in [1.165, 1.54) is 24.8 Å². The lowest BCUT2D eigenvalue weighted by Gasteiger charge is -2.32. The second-order valence-electron chi connectivity index (χ2n) is 6.68. The van der Waals surface area contributed by atoms with Gasteiger partial charge in [-0.15, -0.1) is 0 Å². The van der Waals surface area contributed by atoms with E-state index in [1.807, 2.05) is 6.07 Å². The van der Waals surface area contributed by atoms with Gasteiger partial charge >= 0.3 is 0 Å². The predicted molar refractivity (Wildman–Crippen MR) is 87.1 cm³/mol. The summed E-state index contributed by atoms with van der Waals surface area (Å²) < 4.78 is 10.8. The van der Waals surface area contributed by atoms with E-state index in [1.54, 1.807) is 14.2 Å². The molecule has 0 aromatic heterocycles. The molecule has 21 heavy (non-hydrogen) atoms. The van der Waals surface area contributed by atoms with Gasteiger partial charge in [-0.1, -0.05) is 33.3 Å². The minimum absolute atomic E-state index is 0.368. The third kappa shape index (κ3) is 3.52. The zero-order chi connectivity index (χ0) is 15.5. The Morgan fingerprint density at radius 2 is 1.95 bits per heavy atom. The maximum absolute atomic E-state index is 5.43. The lowest BCUT2D eigenvalue weighted by Crippen LogP contribution is -2.39. The third-order valence-electron chi connectivity index (χ3n) is 4.88. The first kappa shape index (κ1) is 16.2. The molecular weight excluding hydrogens is 262 g/mol. The summed E-state index contributed by atoms with van der Waals surface area (Å²) in [6.07, 6.45) is 4.99. The lowest BCUT2D eigenvalue weighted by molar-refractivity contribution is 0.259. The number of hydrogen-bond donors (Lipinski definition) is 1. The van der Waals surface area contributed by atoms with Gasteiger partial charge in [-0.3, -0.25) is 0 Å². The van der Waals surface area contributed by atoms with E-state index in [-0.39, 0.29) is 0 Å². The molecule has 1 aromatic carbocycles. The first-order valence-electron chi connectivity index (χ1n) is 7.99. The van der Waals surface area contributed by atoms with Crippen LogP contribution in [0.15, 0.2) is 18.2 Å². The number of hydrogen-bond acceptors (Lipinski definition) is 3. The molecule has 3 nitrogen and oxygen atoms in total. The van der Waals surface area contributed by atoms with Gasteiger partial charge in [-0.2, -0.15) is 0 Å². The van der Waals surface area contributed by atoms with Gasteiger partial charge in [0, 0.05) is 12.1 Å². The van der Waals surface area contributed by atoms with Crippen molar-refractivity contribution in [3.05, 3.63) is 23.8 Å². The quantitative estimate of drug-likeness (QED) is 0.846. The molecule has 2 rings (SSSR count). The normalized spacial score (nSPS) is 22.0. The Bertz CT molecular complexity index is 470. The molecule has 0 spiro atoms. The van der Waals surface area contributed by atoms with Gasteiger partial charge in [0.2, 0.25) is 0 Å². The summed E-state index contributed by atoms with van der Waals surface area (Å²) in [6.45, 7) is 6.98. The van der Waals surface area contributed by atoms with Gasteiger partial charge in [0.25, 0.3) is 0 Å². The van der Waals surface area contributed by atoms with E-state index in [0.29, 0.717) is 17.5 Å². The maximum atomic E-state index is 5.43. The molecule has 0 amide bonds. The van der Waals surface area contributed by atoms with Gasteiger partial charge < -0.3 is 14.8 Å². The maximum Gasteiger partial charge on any atom is 0.161 e. The Morgan fingerprint density at radius 3 is 2.48 bits per heavy atom. The Labute approximate surface area is 129 Å². The highest BCUT2D eigenvalue weighted by Crippen LogP contribution is 2.39. The van der Waals surface area contributed by atoms with E-state index in [0.717, 1.165) is 17.9 Å². The molecule has 0 radical (unpaired) electrons. The largest absolute Gasteiger partial charge is 0.493 e. The summed E-state index contributed by atoms with van der Waals surface area (Å²) in [5.41, 5.74) is 1.67. The highest BCUT2D eigenvalue weighted by molar-refractivity contribution is 5.43. The van der Waals surface area contributed by atoms with E-state index in [4.69, 9.17) is 9.47 Å². The molecule has 2 unspecified atom stereocenters. The average molecular weight is 291 g/mol. The molecule has 1 N–H and O–H groups in total. The molecule has 0 saturated heterocycles. The van der Waals surface area contributed by atoms with Crippen molar-refractivity contribution in [3.63, 3.8) is 0 Å². The standard InChI is InChI=1S/C18H29NO2/c1-6-14(19-17-8-7-11-18(17,2)3)13-9-10-15(20-4)16(12-13)21-5/h9-10,12,14,17,19H,6-8,11H2,1-5H3. The van der Waals surface area contributed by atoms with Crippen LogP contribution < -0.4 is 14.8 Å². The smallest absolute Gasteiger partial charge is 0.161 e. The van der Waals surface area contributed by atoms with Crippen LogP contribution in [0.3, 0.4) is 0 Å². The molecule has 2 atom stereocenters. The van der Waals surface area contributed by atoms with Gasteiger partial charge in [-0.25, -0.2) is 0 Å². The van der Waals surface area contributed by atoms with Crippen molar-refractivity contribution in [1.82, 2.24) is 5.32 Å². The van der Waals surface area contributed by atoms with Crippen LogP contribution in [-0.4, -0.2) is 20.3 Å². The molecule has 0 heterocycles. The molecule has 1 aromatic rings. The van der Waals surface area contributed by atoms with Crippen molar-refractivity contribution in [1.29, 1.82) is 0 Å². The van der Waals surface area contributed by atoms with Crippen LogP contribution >= 0.6 is 0 Å². The van der Waals surface area contributed by atoms with Crippen LogP contribution in [0.4, 0.5) is 0 Å². The van der Waals surface area contributed by atoms with Crippen molar-refractivity contribution in [3.8, 4) is 11.5 Å². The predicted octanol–water partition coefficient (Wildman–Crippen LogP) is 4.32. The molecule has 0 bridgehead atoms. The number of rotatable bonds is 6. The highest BCUT2D eigenvalue weighted by Gasteiger charge is 2.35. The third-order valence-corrected chi connectivity index (χ3v) is 4.88. The van der Waals surface area contributed by atoms with Crippen LogP contribution in [0.25, 0.3) is 0 Å². The number of benzene rings is 1. The topological polar surface area (TPSA) is 30.5 Å². The van der Waals surface area contributed by atoms with Gasteiger partial charge in [0.1, 0.15) is 0 Å². The lowest BCUT2D eigenvalue weighted by atomic mass is 9.86. The van der Waals surface area contributed by atoms with Crippen molar-refractivity contribution in [2.24, 2.45) is 5.41 Å². The minimum Gasteiger partial charge on any atom is -0.493 e. The molecule has 118 valence electrons. The Hall–Kier alpha value is -1.22. The molecule has 1 aliphatic rings. The van der Waals surface area contributed by atoms with Crippen molar-refractivity contribution in [2.75, 3.05) is 14.2 Å². The molecule has 1 aliphatic carbocycles. The molecular formula is C18H29NO2. The number of nitrogens with one attached hydrogen (secondary N) is 1. The van der Waals surface area contributed by atoms with Crippen LogP contribution in [-0.2, 0) is 0 Å². The SMILES string of the molecule is CCC(NC1CCCC1(C)C)c1ccc(OC)c(OC)c1. The zero-order valence-electron chi connectivity index (χ0n) is 14.0. The average Bonchev–Trinajstić information content (AvgIpc) is 2.82. The Kier molecular flexibility index (Phi) is 5.15. The van der Waals surface area contributed by atoms with Crippen LogP contribution in [0.1, 0.15) is 58.1 Å².